The fourth-order valence-corrected chi connectivity index (χ4v) is 2.26. The fourth-order valence-electron chi connectivity index (χ4n) is 2.26. The van der Waals surface area contributed by atoms with E-state index in [0.717, 1.165) is 32.7 Å². The van der Waals surface area contributed by atoms with Crippen LogP contribution in [0.15, 0.2) is 23.8 Å². The summed E-state index contributed by atoms with van der Waals surface area (Å²) in [5, 5.41) is 0. The van der Waals surface area contributed by atoms with Crippen molar-refractivity contribution in [3.05, 3.63) is 23.8 Å². The van der Waals surface area contributed by atoms with E-state index in [0.29, 0.717) is 0 Å². The largest absolute Gasteiger partial charge is 0.340 e. The van der Waals surface area contributed by atoms with Crippen LogP contribution in [0.1, 0.15) is 19.8 Å². The highest BCUT2D eigenvalue weighted by Crippen LogP contribution is 2.12. The Morgan fingerprint density at radius 1 is 1.25 bits per heavy atom. The van der Waals surface area contributed by atoms with Crippen molar-refractivity contribution in [2.24, 2.45) is 0 Å². The number of carbonyl (C=O) groups is 1. The molecule has 16 heavy (non-hydrogen) atoms. The Morgan fingerprint density at radius 3 is 2.56 bits per heavy atom. The molecule has 1 heterocycles. The monoisotopic (exact) mass is 220 g/mol. The molecule has 0 atom stereocenters. The molecule has 1 saturated heterocycles. The highest BCUT2D eigenvalue weighted by atomic mass is 16.2. The average Bonchev–Trinajstić information content (AvgIpc) is 2.31. The number of hydrogen-bond donors (Lipinski definition) is 0. The predicted molar refractivity (Wildman–Crippen MR) is 65.2 cm³/mol. The molecular weight excluding hydrogens is 200 g/mol. The molecule has 0 aromatic heterocycles. The Balaban J connectivity index is 1.79. The average molecular weight is 220 g/mol. The molecule has 0 spiro atoms. The van der Waals surface area contributed by atoms with Crippen molar-refractivity contribution in [1.82, 2.24) is 9.80 Å². The third-order valence-corrected chi connectivity index (χ3v) is 3.30. The quantitative estimate of drug-likeness (QED) is 0.703. The standard InChI is InChI=1S/C13H20N2O/c1-12(16)15-9-7-14(8-10-15)11-13-5-3-2-4-6-13/h3,5-6H,2,4,7-11H2,1H3. The molecule has 0 unspecified atom stereocenters. The summed E-state index contributed by atoms with van der Waals surface area (Å²) in [6, 6.07) is 0. The number of hydrogen-bond acceptors (Lipinski definition) is 2. The van der Waals surface area contributed by atoms with E-state index in [1.807, 2.05) is 4.90 Å². The first kappa shape index (κ1) is 11.4. The molecule has 1 aliphatic heterocycles. The SMILES string of the molecule is CC(=O)N1CCN(CC2=CCCC=C2)CC1. The van der Waals surface area contributed by atoms with Crippen LogP contribution in [0.25, 0.3) is 0 Å². The zero-order valence-electron chi connectivity index (χ0n) is 9.98. The first-order chi connectivity index (χ1) is 7.75. The highest BCUT2D eigenvalue weighted by molar-refractivity contribution is 5.73. The maximum absolute atomic E-state index is 11.2. The van der Waals surface area contributed by atoms with Gasteiger partial charge in [-0.1, -0.05) is 18.2 Å². The molecule has 0 aromatic rings. The molecule has 2 rings (SSSR count). The number of carbonyl (C=O) groups excluding carboxylic acids is 1. The maximum Gasteiger partial charge on any atom is 0.219 e. The maximum atomic E-state index is 11.2. The minimum absolute atomic E-state index is 0.205. The van der Waals surface area contributed by atoms with Gasteiger partial charge in [0.25, 0.3) is 0 Å². The van der Waals surface area contributed by atoms with Gasteiger partial charge in [0.15, 0.2) is 0 Å². The topological polar surface area (TPSA) is 23.6 Å². The van der Waals surface area contributed by atoms with Gasteiger partial charge in [0.1, 0.15) is 0 Å². The predicted octanol–water partition coefficient (Wildman–Crippen LogP) is 1.43. The molecule has 0 bridgehead atoms. The van der Waals surface area contributed by atoms with Gasteiger partial charge in [0.05, 0.1) is 0 Å². The van der Waals surface area contributed by atoms with Gasteiger partial charge in [-0.25, -0.2) is 0 Å². The number of nitrogens with zero attached hydrogens (tertiary/aromatic N) is 2. The normalized spacial score (nSPS) is 22.1. The van der Waals surface area contributed by atoms with Gasteiger partial charge < -0.3 is 4.90 Å². The zero-order chi connectivity index (χ0) is 11.4. The summed E-state index contributed by atoms with van der Waals surface area (Å²) in [7, 11) is 0. The molecule has 1 amide bonds. The minimum atomic E-state index is 0.205. The van der Waals surface area contributed by atoms with Crippen molar-refractivity contribution in [2.45, 2.75) is 19.8 Å². The molecule has 0 aromatic carbocycles. The molecule has 0 saturated carbocycles. The zero-order valence-corrected chi connectivity index (χ0v) is 9.98. The Hall–Kier alpha value is -1.09. The van der Waals surface area contributed by atoms with Crippen molar-refractivity contribution < 1.29 is 4.79 Å². The van der Waals surface area contributed by atoms with Gasteiger partial charge in [-0.05, 0) is 18.4 Å². The van der Waals surface area contributed by atoms with Crippen molar-refractivity contribution in [1.29, 1.82) is 0 Å². The van der Waals surface area contributed by atoms with Gasteiger partial charge >= 0.3 is 0 Å². The van der Waals surface area contributed by atoms with Crippen LogP contribution in [0, 0.1) is 0 Å². The third kappa shape index (κ3) is 2.95. The lowest BCUT2D eigenvalue weighted by Gasteiger charge is -2.34. The van der Waals surface area contributed by atoms with E-state index in [4.69, 9.17) is 0 Å². The van der Waals surface area contributed by atoms with Gasteiger partial charge in [-0.3, -0.25) is 9.69 Å². The Kier molecular flexibility index (Phi) is 3.78. The third-order valence-electron chi connectivity index (χ3n) is 3.30. The van der Waals surface area contributed by atoms with Gasteiger partial charge in [0, 0.05) is 39.6 Å². The summed E-state index contributed by atoms with van der Waals surface area (Å²) in [5.74, 6) is 0.205. The summed E-state index contributed by atoms with van der Waals surface area (Å²) in [6.45, 7) is 6.47. The van der Waals surface area contributed by atoms with Crippen molar-refractivity contribution in [2.75, 3.05) is 32.7 Å². The van der Waals surface area contributed by atoms with E-state index < -0.39 is 0 Å². The van der Waals surface area contributed by atoms with E-state index in [-0.39, 0.29) is 5.91 Å². The number of rotatable bonds is 2. The first-order valence-electron chi connectivity index (χ1n) is 6.09. The molecule has 2 aliphatic rings. The van der Waals surface area contributed by atoms with Crippen LogP contribution in [0.5, 0.6) is 0 Å². The molecule has 1 aliphatic carbocycles. The smallest absolute Gasteiger partial charge is 0.219 e. The first-order valence-corrected chi connectivity index (χ1v) is 6.09. The Bertz CT molecular complexity index is 312. The second-order valence-corrected chi connectivity index (χ2v) is 4.54. The molecule has 1 fully saturated rings. The molecule has 3 heteroatoms. The lowest BCUT2D eigenvalue weighted by atomic mass is 10.1. The summed E-state index contributed by atoms with van der Waals surface area (Å²) in [4.78, 5) is 15.5. The van der Waals surface area contributed by atoms with Crippen LogP contribution in [0.3, 0.4) is 0 Å². The number of piperazine rings is 1. The van der Waals surface area contributed by atoms with Crippen LogP contribution in [-0.2, 0) is 4.79 Å². The molecule has 88 valence electrons. The van der Waals surface area contributed by atoms with E-state index in [1.165, 1.54) is 18.4 Å². The van der Waals surface area contributed by atoms with Crippen LogP contribution in [0.4, 0.5) is 0 Å². The second kappa shape index (κ2) is 5.30. The van der Waals surface area contributed by atoms with Gasteiger partial charge in [-0.15, -0.1) is 0 Å². The molecule has 0 N–H and O–H groups in total. The van der Waals surface area contributed by atoms with Crippen molar-refractivity contribution in [3.8, 4) is 0 Å². The van der Waals surface area contributed by atoms with Gasteiger partial charge in [-0.2, -0.15) is 0 Å². The van der Waals surface area contributed by atoms with E-state index in [1.54, 1.807) is 6.92 Å². The summed E-state index contributed by atoms with van der Waals surface area (Å²) >= 11 is 0. The molecule has 0 radical (unpaired) electrons. The highest BCUT2D eigenvalue weighted by Gasteiger charge is 2.18. The van der Waals surface area contributed by atoms with Crippen LogP contribution >= 0.6 is 0 Å². The summed E-state index contributed by atoms with van der Waals surface area (Å²) < 4.78 is 0. The van der Waals surface area contributed by atoms with Crippen LogP contribution in [-0.4, -0.2) is 48.4 Å². The minimum Gasteiger partial charge on any atom is -0.340 e. The van der Waals surface area contributed by atoms with E-state index >= 15 is 0 Å². The van der Waals surface area contributed by atoms with Crippen LogP contribution in [0.2, 0.25) is 0 Å². The summed E-state index contributed by atoms with van der Waals surface area (Å²) in [5.41, 5.74) is 1.43. The van der Waals surface area contributed by atoms with E-state index in [9.17, 15) is 4.79 Å². The van der Waals surface area contributed by atoms with Crippen LogP contribution < -0.4 is 0 Å². The lowest BCUT2D eigenvalue weighted by molar-refractivity contribution is -0.130. The fraction of sp³-hybridized carbons (Fsp3) is 0.615. The van der Waals surface area contributed by atoms with E-state index in [2.05, 4.69) is 23.1 Å². The number of amides is 1. The molecule has 3 nitrogen and oxygen atoms in total. The Morgan fingerprint density at radius 2 is 2.00 bits per heavy atom. The summed E-state index contributed by atoms with van der Waals surface area (Å²) in [6.07, 6.45) is 9.18. The lowest BCUT2D eigenvalue weighted by Crippen LogP contribution is -2.48. The Labute approximate surface area is 97.4 Å². The van der Waals surface area contributed by atoms with Crippen molar-refractivity contribution >= 4 is 5.91 Å². The van der Waals surface area contributed by atoms with Gasteiger partial charge in [0.2, 0.25) is 5.91 Å². The second-order valence-electron chi connectivity index (χ2n) is 4.54. The van der Waals surface area contributed by atoms with Crippen molar-refractivity contribution in [3.63, 3.8) is 0 Å². The number of allylic oxidation sites excluding steroid dienone is 2. The molecular formula is C13H20N2O.